The fourth-order valence-corrected chi connectivity index (χ4v) is 6.11. The maximum atomic E-state index is 13.0. The Morgan fingerprint density at radius 2 is 1.63 bits per heavy atom. The Labute approximate surface area is 166 Å². The predicted molar refractivity (Wildman–Crippen MR) is 109 cm³/mol. The average Bonchev–Trinajstić information content (AvgIpc) is 3.18. The molecule has 4 rings (SSSR count). The monoisotopic (exact) mass is 388 g/mol. The van der Waals surface area contributed by atoms with Crippen LogP contribution in [-0.4, -0.2) is 47.8 Å². The summed E-state index contributed by atoms with van der Waals surface area (Å²) in [5.74, 6) is 1.08. The molecule has 2 amide bonds. The standard InChI is InChI=1S/C22H32N2O2S/c25-21(15-17-7-4-5-8-17)23-11-6-12-24(14-13-23)22(26)20-16-18-9-2-1-3-10-19(18)27-20/h16-17H,1-15H2. The van der Waals surface area contributed by atoms with E-state index in [1.54, 1.807) is 11.3 Å². The van der Waals surface area contributed by atoms with Crippen LogP contribution >= 0.6 is 11.3 Å². The summed E-state index contributed by atoms with van der Waals surface area (Å²) in [6.45, 7) is 2.95. The van der Waals surface area contributed by atoms with Gasteiger partial charge in [0.1, 0.15) is 0 Å². The van der Waals surface area contributed by atoms with E-state index in [0.717, 1.165) is 37.2 Å². The minimum Gasteiger partial charge on any atom is -0.341 e. The number of aryl methyl sites for hydroxylation is 2. The fraction of sp³-hybridized carbons (Fsp3) is 0.727. The first-order chi connectivity index (χ1) is 13.2. The number of carbonyl (C=O) groups excluding carboxylic acids is 2. The molecular formula is C22H32N2O2S. The molecule has 2 aliphatic carbocycles. The van der Waals surface area contributed by atoms with Gasteiger partial charge in [0, 0.05) is 37.5 Å². The zero-order valence-electron chi connectivity index (χ0n) is 16.4. The quantitative estimate of drug-likeness (QED) is 0.726. The molecule has 1 aliphatic heterocycles. The van der Waals surface area contributed by atoms with Crippen molar-refractivity contribution in [1.29, 1.82) is 0 Å². The molecule has 1 aromatic heterocycles. The van der Waals surface area contributed by atoms with Crippen molar-refractivity contribution in [3.05, 3.63) is 21.4 Å². The van der Waals surface area contributed by atoms with Crippen molar-refractivity contribution in [2.75, 3.05) is 26.2 Å². The Kier molecular flexibility index (Phi) is 6.16. The Balaban J connectivity index is 1.34. The topological polar surface area (TPSA) is 40.6 Å². The van der Waals surface area contributed by atoms with Gasteiger partial charge >= 0.3 is 0 Å². The van der Waals surface area contributed by atoms with Crippen molar-refractivity contribution in [1.82, 2.24) is 9.80 Å². The largest absolute Gasteiger partial charge is 0.341 e. The highest BCUT2D eigenvalue weighted by Crippen LogP contribution is 2.30. The number of nitrogens with zero attached hydrogens (tertiary/aromatic N) is 2. The third-order valence-corrected chi connectivity index (χ3v) is 7.76. The summed E-state index contributed by atoms with van der Waals surface area (Å²) in [4.78, 5) is 32.0. The van der Waals surface area contributed by atoms with Gasteiger partial charge in [-0.25, -0.2) is 0 Å². The van der Waals surface area contributed by atoms with E-state index in [1.165, 1.54) is 55.4 Å². The highest BCUT2D eigenvalue weighted by Gasteiger charge is 2.27. The highest BCUT2D eigenvalue weighted by atomic mass is 32.1. The number of fused-ring (bicyclic) bond motifs is 1. The van der Waals surface area contributed by atoms with Gasteiger partial charge in [0.15, 0.2) is 0 Å². The molecule has 0 atom stereocenters. The van der Waals surface area contributed by atoms with Crippen LogP contribution in [0.3, 0.4) is 0 Å². The van der Waals surface area contributed by atoms with Crippen LogP contribution in [0, 0.1) is 5.92 Å². The Morgan fingerprint density at radius 3 is 2.48 bits per heavy atom. The van der Waals surface area contributed by atoms with Gasteiger partial charge in [0.25, 0.3) is 5.91 Å². The lowest BCUT2D eigenvalue weighted by Gasteiger charge is -2.23. The van der Waals surface area contributed by atoms with Crippen molar-refractivity contribution in [3.8, 4) is 0 Å². The second-order valence-corrected chi connectivity index (χ2v) is 9.64. The number of rotatable bonds is 3. The van der Waals surface area contributed by atoms with Crippen LogP contribution in [0.4, 0.5) is 0 Å². The van der Waals surface area contributed by atoms with Crippen LogP contribution in [0.2, 0.25) is 0 Å². The van der Waals surface area contributed by atoms with Gasteiger partial charge in [0.2, 0.25) is 5.91 Å². The van der Waals surface area contributed by atoms with Gasteiger partial charge in [-0.15, -0.1) is 11.3 Å². The maximum absolute atomic E-state index is 13.0. The minimum absolute atomic E-state index is 0.179. The number of thiophene rings is 1. The SMILES string of the molecule is O=C(CC1CCCC1)N1CCCN(C(=O)c2cc3c(s2)CCCCC3)CC1. The molecule has 4 nitrogen and oxygen atoms in total. The van der Waals surface area contributed by atoms with E-state index in [9.17, 15) is 9.59 Å². The summed E-state index contributed by atoms with van der Waals surface area (Å²) in [7, 11) is 0. The van der Waals surface area contributed by atoms with E-state index in [0.29, 0.717) is 31.3 Å². The van der Waals surface area contributed by atoms with E-state index in [1.807, 2.05) is 9.80 Å². The van der Waals surface area contributed by atoms with E-state index >= 15 is 0 Å². The molecule has 1 saturated heterocycles. The predicted octanol–water partition coefficient (Wildman–Crippen LogP) is 4.27. The van der Waals surface area contributed by atoms with Gasteiger partial charge in [-0.1, -0.05) is 19.3 Å². The zero-order chi connectivity index (χ0) is 18.6. The summed E-state index contributed by atoms with van der Waals surface area (Å²) in [5, 5.41) is 0. The second-order valence-electron chi connectivity index (χ2n) is 8.50. The van der Waals surface area contributed by atoms with Crippen molar-refractivity contribution in [2.45, 2.75) is 70.6 Å². The lowest BCUT2D eigenvalue weighted by atomic mass is 10.0. The summed E-state index contributed by atoms with van der Waals surface area (Å²) >= 11 is 1.71. The first-order valence-electron chi connectivity index (χ1n) is 10.9. The molecule has 5 heteroatoms. The molecule has 2 fully saturated rings. The highest BCUT2D eigenvalue weighted by molar-refractivity contribution is 7.14. The molecule has 2 heterocycles. The van der Waals surface area contributed by atoms with E-state index in [-0.39, 0.29) is 5.91 Å². The van der Waals surface area contributed by atoms with Crippen molar-refractivity contribution in [3.63, 3.8) is 0 Å². The number of carbonyl (C=O) groups is 2. The molecule has 0 bridgehead atoms. The van der Waals surface area contributed by atoms with Crippen LogP contribution in [-0.2, 0) is 17.6 Å². The van der Waals surface area contributed by atoms with Crippen LogP contribution < -0.4 is 0 Å². The van der Waals surface area contributed by atoms with Crippen LogP contribution in [0.25, 0.3) is 0 Å². The van der Waals surface area contributed by atoms with Gasteiger partial charge in [-0.2, -0.15) is 0 Å². The third-order valence-electron chi connectivity index (χ3n) is 6.53. The van der Waals surface area contributed by atoms with Crippen LogP contribution in [0.1, 0.15) is 77.9 Å². The summed E-state index contributed by atoms with van der Waals surface area (Å²) in [6, 6.07) is 2.15. The van der Waals surface area contributed by atoms with Crippen molar-refractivity contribution < 1.29 is 9.59 Å². The number of hydrogen-bond acceptors (Lipinski definition) is 3. The Morgan fingerprint density at radius 1 is 0.889 bits per heavy atom. The van der Waals surface area contributed by atoms with E-state index < -0.39 is 0 Å². The molecular weight excluding hydrogens is 356 g/mol. The summed E-state index contributed by atoms with van der Waals surface area (Å²) in [6.07, 6.45) is 12.7. The van der Waals surface area contributed by atoms with Gasteiger partial charge < -0.3 is 9.80 Å². The first-order valence-corrected chi connectivity index (χ1v) is 11.7. The normalized spacial score (nSPS) is 21.6. The third kappa shape index (κ3) is 4.56. The first kappa shape index (κ1) is 19.0. The lowest BCUT2D eigenvalue weighted by molar-refractivity contribution is -0.132. The van der Waals surface area contributed by atoms with Crippen molar-refractivity contribution in [2.24, 2.45) is 5.92 Å². The zero-order valence-corrected chi connectivity index (χ0v) is 17.2. The van der Waals surface area contributed by atoms with Gasteiger partial charge in [-0.3, -0.25) is 9.59 Å². The Hall–Kier alpha value is -1.36. The van der Waals surface area contributed by atoms with Gasteiger partial charge in [0.05, 0.1) is 4.88 Å². The summed E-state index contributed by atoms with van der Waals surface area (Å²) in [5.41, 5.74) is 1.41. The molecule has 27 heavy (non-hydrogen) atoms. The van der Waals surface area contributed by atoms with Gasteiger partial charge in [-0.05, 0) is 62.5 Å². The molecule has 0 radical (unpaired) electrons. The molecule has 1 saturated carbocycles. The fourth-order valence-electron chi connectivity index (χ4n) is 4.89. The lowest BCUT2D eigenvalue weighted by Crippen LogP contribution is -2.37. The number of hydrogen-bond donors (Lipinski definition) is 0. The molecule has 0 unspecified atom stereocenters. The van der Waals surface area contributed by atoms with Crippen LogP contribution in [0.15, 0.2) is 6.07 Å². The maximum Gasteiger partial charge on any atom is 0.263 e. The smallest absolute Gasteiger partial charge is 0.263 e. The second kappa shape index (κ2) is 8.76. The molecule has 3 aliphatic rings. The Bertz CT molecular complexity index is 654. The minimum atomic E-state index is 0.179. The van der Waals surface area contributed by atoms with Crippen molar-refractivity contribution >= 4 is 23.2 Å². The van der Waals surface area contributed by atoms with Crippen LogP contribution in [0.5, 0.6) is 0 Å². The molecule has 0 N–H and O–H groups in total. The molecule has 0 spiro atoms. The molecule has 148 valence electrons. The molecule has 0 aromatic carbocycles. The molecule has 1 aromatic rings. The number of amides is 2. The average molecular weight is 389 g/mol. The van der Waals surface area contributed by atoms with E-state index in [4.69, 9.17) is 0 Å². The summed E-state index contributed by atoms with van der Waals surface area (Å²) < 4.78 is 0. The van der Waals surface area contributed by atoms with E-state index in [2.05, 4.69) is 6.07 Å².